The lowest BCUT2D eigenvalue weighted by atomic mass is 10.2. The summed E-state index contributed by atoms with van der Waals surface area (Å²) in [6, 6.07) is 8.02. The summed E-state index contributed by atoms with van der Waals surface area (Å²) < 4.78 is 3.56. The van der Waals surface area contributed by atoms with Gasteiger partial charge in [0.2, 0.25) is 0 Å². The van der Waals surface area contributed by atoms with Crippen LogP contribution in [-0.4, -0.2) is 60.4 Å². The number of aromatic amines is 1. The van der Waals surface area contributed by atoms with Gasteiger partial charge in [0.05, 0.1) is 17.1 Å². The maximum atomic E-state index is 12.0. The van der Waals surface area contributed by atoms with Gasteiger partial charge in [0.25, 0.3) is 5.56 Å². The number of pyridine rings is 1. The summed E-state index contributed by atoms with van der Waals surface area (Å²) in [5.41, 5.74) is 4.62. The molecule has 1 aliphatic heterocycles. The molecular weight excluding hydrogens is 392 g/mol. The quantitative estimate of drug-likeness (QED) is 0.532. The summed E-state index contributed by atoms with van der Waals surface area (Å²) in [4.78, 5) is 24.5. The van der Waals surface area contributed by atoms with Gasteiger partial charge in [0.15, 0.2) is 5.82 Å². The molecule has 9 nitrogen and oxygen atoms in total. The van der Waals surface area contributed by atoms with Gasteiger partial charge in [-0.15, -0.1) is 0 Å². The Morgan fingerprint density at radius 2 is 2.00 bits per heavy atom. The van der Waals surface area contributed by atoms with Crippen molar-refractivity contribution in [1.82, 2.24) is 34.3 Å². The minimum Gasteiger partial charge on any atom is -0.368 e. The number of nitrogens with zero attached hydrogens (tertiary/aromatic N) is 7. The molecule has 5 heterocycles. The molecule has 31 heavy (non-hydrogen) atoms. The van der Waals surface area contributed by atoms with Crippen LogP contribution in [0.4, 0.5) is 5.69 Å². The van der Waals surface area contributed by atoms with Gasteiger partial charge in [-0.1, -0.05) is 6.92 Å². The van der Waals surface area contributed by atoms with Crippen molar-refractivity contribution in [3.05, 3.63) is 70.2 Å². The molecule has 1 N–H and O–H groups in total. The van der Waals surface area contributed by atoms with Crippen LogP contribution in [0, 0.1) is 6.92 Å². The highest BCUT2D eigenvalue weighted by molar-refractivity contribution is 5.52. The average Bonchev–Trinajstić information content (AvgIpc) is 3.43. The van der Waals surface area contributed by atoms with Gasteiger partial charge >= 0.3 is 0 Å². The molecule has 0 unspecified atom stereocenters. The fourth-order valence-electron chi connectivity index (χ4n) is 4.15. The standard InChI is InChI=1S/C22H26N8O/c1-3-17-14-30-21(25-22(17)31)13-18(26-30)15-27-9-11-28(12-10-27)19-5-6-20(24-16(19)2)29-8-4-7-23-29/h4-8,13-14H,3,9-12,15H2,1-2H3,(H,25,31). The Morgan fingerprint density at radius 3 is 2.71 bits per heavy atom. The van der Waals surface area contributed by atoms with Gasteiger partial charge in [-0.25, -0.2) is 14.2 Å². The van der Waals surface area contributed by atoms with E-state index >= 15 is 0 Å². The zero-order valence-electron chi connectivity index (χ0n) is 17.8. The summed E-state index contributed by atoms with van der Waals surface area (Å²) in [6.45, 7) is 8.57. The van der Waals surface area contributed by atoms with Crippen LogP contribution >= 0.6 is 0 Å². The summed E-state index contributed by atoms with van der Waals surface area (Å²) in [5.74, 6) is 0.834. The minimum absolute atomic E-state index is 0.0300. The van der Waals surface area contributed by atoms with Crippen molar-refractivity contribution in [1.29, 1.82) is 0 Å². The van der Waals surface area contributed by atoms with Gasteiger partial charge in [-0.05, 0) is 31.5 Å². The summed E-state index contributed by atoms with van der Waals surface area (Å²) in [6.07, 6.45) is 6.18. The third-order valence-electron chi connectivity index (χ3n) is 5.86. The molecule has 0 saturated carbocycles. The first kappa shape index (κ1) is 19.5. The monoisotopic (exact) mass is 418 g/mol. The van der Waals surface area contributed by atoms with Gasteiger partial charge in [0, 0.05) is 62.9 Å². The first-order chi connectivity index (χ1) is 15.1. The van der Waals surface area contributed by atoms with Crippen molar-refractivity contribution in [2.45, 2.75) is 26.8 Å². The van der Waals surface area contributed by atoms with E-state index in [0.717, 1.165) is 61.1 Å². The average molecular weight is 419 g/mol. The summed E-state index contributed by atoms with van der Waals surface area (Å²) >= 11 is 0. The van der Waals surface area contributed by atoms with Crippen LogP contribution < -0.4 is 10.5 Å². The molecule has 0 aromatic carbocycles. The zero-order valence-corrected chi connectivity index (χ0v) is 17.8. The summed E-state index contributed by atoms with van der Waals surface area (Å²) in [5, 5.41) is 8.91. The highest BCUT2D eigenvalue weighted by Crippen LogP contribution is 2.22. The number of anilines is 1. The molecule has 4 aromatic rings. The van der Waals surface area contributed by atoms with Crippen LogP contribution in [0.25, 0.3) is 11.5 Å². The number of hydrogen-bond acceptors (Lipinski definition) is 6. The molecule has 1 aliphatic rings. The lowest BCUT2D eigenvalue weighted by molar-refractivity contribution is 0.246. The highest BCUT2D eigenvalue weighted by atomic mass is 16.1. The van der Waals surface area contributed by atoms with Crippen LogP contribution in [0.15, 0.2) is 47.7 Å². The number of hydrogen-bond donors (Lipinski definition) is 1. The van der Waals surface area contributed by atoms with Crippen molar-refractivity contribution < 1.29 is 0 Å². The third kappa shape index (κ3) is 3.84. The van der Waals surface area contributed by atoms with Crippen LogP contribution in [0.1, 0.15) is 23.9 Å². The Morgan fingerprint density at radius 1 is 1.16 bits per heavy atom. The Hall–Kier alpha value is -3.46. The third-order valence-corrected chi connectivity index (χ3v) is 5.86. The van der Waals surface area contributed by atoms with Crippen molar-refractivity contribution in [2.75, 3.05) is 31.1 Å². The zero-order chi connectivity index (χ0) is 21.4. The fraction of sp³-hybridized carbons (Fsp3) is 0.364. The SMILES string of the molecule is CCc1cn2nc(CN3CCN(c4ccc(-n5cccn5)nc4C)CC3)cc2[nH]c1=O. The molecule has 0 atom stereocenters. The number of aromatic nitrogens is 6. The molecule has 0 radical (unpaired) electrons. The van der Waals surface area contributed by atoms with E-state index in [1.165, 1.54) is 5.69 Å². The van der Waals surface area contributed by atoms with Crippen LogP contribution in [0.2, 0.25) is 0 Å². The molecule has 0 amide bonds. The Labute approximate surface area is 179 Å². The molecule has 0 bridgehead atoms. The largest absolute Gasteiger partial charge is 0.368 e. The molecule has 1 saturated heterocycles. The molecule has 4 aromatic heterocycles. The molecule has 5 rings (SSSR count). The maximum absolute atomic E-state index is 12.0. The number of nitrogens with one attached hydrogen (secondary N) is 1. The second kappa shape index (κ2) is 7.99. The van der Waals surface area contributed by atoms with Crippen LogP contribution in [0.5, 0.6) is 0 Å². The lowest BCUT2D eigenvalue weighted by Crippen LogP contribution is -2.46. The smallest absolute Gasteiger partial charge is 0.254 e. The van der Waals surface area contributed by atoms with E-state index in [1.54, 1.807) is 15.4 Å². The molecule has 0 spiro atoms. The van der Waals surface area contributed by atoms with Crippen molar-refractivity contribution in [3.63, 3.8) is 0 Å². The van der Waals surface area contributed by atoms with E-state index < -0.39 is 0 Å². The Kier molecular flexibility index (Phi) is 5.03. The number of aryl methyl sites for hydroxylation is 2. The molecule has 0 aliphatic carbocycles. The number of H-pyrrole nitrogens is 1. The second-order valence-electron chi connectivity index (χ2n) is 7.92. The molecule has 9 heteroatoms. The van der Waals surface area contributed by atoms with E-state index in [2.05, 4.69) is 38.0 Å². The van der Waals surface area contributed by atoms with E-state index in [4.69, 9.17) is 4.98 Å². The van der Waals surface area contributed by atoms with Gasteiger partial charge in [-0.3, -0.25) is 9.69 Å². The van der Waals surface area contributed by atoms with Crippen molar-refractivity contribution in [3.8, 4) is 5.82 Å². The van der Waals surface area contributed by atoms with E-state index in [-0.39, 0.29) is 5.56 Å². The van der Waals surface area contributed by atoms with Crippen LogP contribution in [-0.2, 0) is 13.0 Å². The van der Waals surface area contributed by atoms with E-state index in [0.29, 0.717) is 6.42 Å². The van der Waals surface area contributed by atoms with Crippen molar-refractivity contribution in [2.24, 2.45) is 0 Å². The molecule has 160 valence electrons. The van der Waals surface area contributed by atoms with Gasteiger partial charge in [-0.2, -0.15) is 10.2 Å². The second-order valence-corrected chi connectivity index (χ2v) is 7.92. The van der Waals surface area contributed by atoms with Gasteiger partial charge < -0.3 is 9.88 Å². The van der Waals surface area contributed by atoms with E-state index in [1.807, 2.05) is 37.5 Å². The van der Waals surface area contributed by atoms with Crippen molar-refractivity contribution >= 4 is 11.3 Å². The first-order valence-electron chi connectivity index (χ1n) is 10.7. The maximum Gasteiger partial charge on any atom is 0.254 e. The molecule has 1 fully saturated rings. The first-order valence-corrected chi connectivity index (χ1v) is 10.7. The topological polar surface area (TPSA) is 87.3 Å². The normalized spacial score (nSPS) is 15.1. The predicted octanol–water partition coefficient (Wildman–Crippen LogP) is 1.80. The minimum atomic E-state index is -0.0300. The fourth-order valence-corrected chi connectivity index (χ4v) is 4.15. The van der Waals surface area contributed by atoms with Crippen LogP contribution in [0.3, 0.4) is 0 Å². The Bertz CT molecular complexity index is 1250. The number of piperazine rings is 1. The lowest BCUT2D eigenvalue weighted by Gasteiger charge is -2.36. The van der Waals surface area contributed by atoms with Gasteiger partial charge in [0.1, 0.15) is 5.65 Å². The van der Waals surface area contributed by atoms with E-state index in [9.17, 15) is 4.79 Å². The highest BCUT2D eigenvalue weighted by Gasteiger charge is 2.20. The predicted molar refractivity (Wildman–Crippen MR) is 119 cm³/mol. The molecular formula is C22H26N8O. The summed E-state index contributed by atoms with van der Waals surface area (Å²) in [7, 11) is 0. The number of fused-ring (bicyclic) bond motifs is 1. The number of rotatable bonds is 5. The Balaban J connectivity index is 1.24.